The molecule has 1 heterocycles. The van der Waals surface area contributed by atoms with E-state index in [1.165, 1.54) is 25.3 Å². The smallest absolute Gasteiger partial charge is 0.298 e. The molecule has 3 rings (SSSR count). The lowest BCUT2D eigenvalue weighted by atomic mass is 9.98. The number of carbonyl (C=O) groups excluding carboxylic acids is 2. The number of allylic oxidation sites excluding steroid dienone is 3. The Kier molecular flexibility index (Phi) is 7.48. The first-order chi connectivity index (χ1) is 16.1. The Morgan fingerprint density at radius 1 is 1.38 bits per heavy atom. The van der Waals surface area contributed by atoms with Gasteiger partial charge in [0, 0.05) is 30.8 Å². The molecular formula is C21H20FN5O6S. The summed E-state index contributed by atoms with van der Waals surface area (Å²) in [5.74, 6) is -2.49. The number of nitrogens with zero attached hydrogens (tertiary/aromatic N) is 3. The summed E-state index contributed by atoms with van der Waals surface area (Å²) in [5.41, 5.74) is 0.252. The molecule has 34 heavy (non-hydrogen) atoms. The fourth-order valence-electron chi connectivity index (χ4n) is 2.87. The van der Waals surface area contributed by atoms with Gasteiger partial charge in [-0.1, -0.05) is 12.2 Å². The van der Waals surface area contributed by atoms with E-state index >= 15 is 0 Å². The number of carbonyl (C=O) groups is 2. The van der Waals surface area contributed by atoms with Crippen molar-refractivity contribution in [2.45, 2.75) is 18.2 Å². The molecule has 0 saturated heterocycles. The number of rotatable bonds is 7. The Labute approximate surface area is 194 Å². The van der Waals surface area contributed by atoms with E-state index in [-0.39, 0.29) is 47.5 Å². The molecule has 1 aromatic heterocycles. The Morgan fingerprint density at radius 3 is 2.82 bits per heavy atom. The van der Waals surface area contributed by atoms with Crippen LogP contribution in [0.2, 0.25) is 0 Å². The largest absolute Gasteiger partial charge is 0.492 e. The Hall–Kier alpha value is -3.97. The fourth-order valence-corrected chi connectivity index (χ4v) is 3.53. The number of anilines is 2. The summed E-state index contributed by atoms with van der Waals surface area (Å²) < 4.78 is 52.4. The van der Waals surface area contributed by atoms with Gasteiger partial charge in [-0.05, 0) is 25.1 Å². The Morgan fingerprint density at radius 2 is 2.15 bits per heavy atom. The van der Waals surface area contributed by atoms with Gasteiger partial charge in [0.05, 0.1) is 18.5 Å². The van der Waals surface area contributed by atoms with Gasteiger partial charge in [-0.25, -0.2) is 14.4 Å². The van der Waals surface area contributed by atoms with Crippen molar-refractivity contribution < 1.29 is 31.7 Å². The number of ketones is 1. The molecule has 11 nitrogen and oxygen atoms in total. The SMILES string of the molecule is CCOc1ccc(Nc2nc(N=C3CC=CC(=CC(=O)NC)C3=O)ncc2F)cc1S(=O)(=O)O. The first-order valence-electron chi connectivity index (χ1n) is 9.88. The highest BCUT2D eigenvalue weighted by atomic mass is 32.2. The number of ether oxygens (including phenoxy) is 1. The number of hydrogen-bond donors (Lipinski definition) is 3. The van der Waals surface area contributed by atoms with Crippen LogP contribution in [0.4, 0.5) is 21.8 Å². The maximum absolute atomic E-state index is 14.3. The van der Waals surface area contributed by atoms with Crippen LogP contribution < -0.4 is 15.4 Å². The number of benzene rings is 1. The molecule has 0 fully saturated rings. The highest BCUT2D eigenvalue weighted by molar-refractivity contribution is 7.86. The van der Waals surface area contributed by atoms with Crippen molar-refractivity contribution in [3.63, 3.8) is 0 Å². The zero-order chi connectivity index (χ0) is 24.9. The maximum Gasteiger partial charge on any atom is 0.298 e. The van der Waals surface area contributed by atoms with E-state index < -0.39 is 32.5 Å². The maximum atomic E-state index is 14.3. The molecule has 1 aliphatic carbocycles. The van der Waals surface area contributed by atoms with Gasteiger partial charge >= 0.3 is 0 Å². The molecule has 13 heteroatoms. The van der Waals surface area contributed by atoms with Crippen molar-refractivity contribution >= 4 is 45.0 Å². The highest BCUT2D eigenvalue weighted by Crippen LogP contribution is 2.29. The van der Waals surface area contributed by atoms with Gasteiger partial charge in [-0.3, -0.25) is 14.1 Å². The average Bonchev–Trinajstić information content (AvgIpc) is 2.79. The molecular weight excluding hydrogens is 469 g/mol. The molecule has 0 spiro atoms. The van der Waals surface area contributed by atoms with Gasteiger partial charge in [-0.2, -0.15) is 13.4 Å². The predicted molar refractivity (Wildman–Crippen MR) is 121 cm³/mol. The van der Waals surface area contributed by atoms with E-state index in [1.54, 1.807) is 13.0 Å². The number of nitrogens with one attached hydrogen (secondary N) is 2. The van der Waals surface area contributed by atoms with Crippen molar-refractivity contribution in [2.24, 2.45) is 4.99 Å². The number of amides is 1. The summed E-state index contributed by atoms with van der Waals surface area (Å²) in [6.45, 7) is 1.80. The van der Waals surface area contributed by atoms with Crippen LogP contribution in [0.25, 0.3) is 0 Å². The normalized spacial score (nSPS) is 16.1. The van der Waals surface area contributed by atoms with Crippen LogP contribution in [0.1, 0.15) is 13.3 Å². The Balaban J connectivity index is 1.92. The molecule has 0 atom stereocenters. The van der Waals surface area contributed by atoms with Crippen LogP contribution in [0, 0.1) is 5.82 Å². The van der Waals surface area contributed by atoms with Crippen molar-refractivity contribution in [2.75, 3.05) is 19.0 Å². The molecule has 3 N–H and O–H groups in total. The molecule has 178 valence electrons. The number of likely N-dealkylation sites (N-methyl/N-ethyl adjacent to an activating group) is 1. The van der Waals surface area contributed by atoms with E-state index in [9.17, 15) is 27.0 Å². The van der Waals surface area contributed by atoms with Gasteiger partial charge in [0.2, 0.25) is 11.7 Å². The van der Waals surface area contributed by atoms with E-state index in [0.29, 0.717) is 0 Å². The lowest BCUT2D eigenvalue weighted by Crippen LogP contribution is -2.22. The van der Waals surface area contributed by atoms with Crippen molar-refractivity contribution in [1.82, 2.24) is 15.3 Å². The minimum atomic E-state index is -4.62. The third-order valence-electron chi connectivity index (χ3n) is 4.42. The molecule has 0 saturated carbocycles. The second kappa shape index (κ2) is 10.3. The number of hydrogen-bond acceptors (Lipinski definition) is 9. The second-order valence-corrected chi connectivity index (χ2v) is 8.16. The van der Waals surface area contributed by atoms with E-state index in [1.807, 2.05) is 0 Å². The summed E-state index contributed by atoms with van der Waals surface area (Å²) in [5, 5.41) is 4.98. The van der Waals surface area contributed by atoms with Crippen molar-refractivity contribution in [1.29, 1.82) is 0 Å². The monoisotopic (exact) mass is 489 g/mol. The molecule has 2 aromatic rings. The quantitative estimate of drug-likeness (QED) is 0.391. The summed E-state index contributed by atoms with van der Waals surface area (Å²) in [4.78, 5) is 35.4. The highest BCUT2D eigenvalue weighted by Gasteiger charge is 2.21. The zero-order valence-electron chi connectivity index (χ0n) is 18.1. The standard InChI is InChI=1S/C21H20FN5O6S/c1-3-33-16-8-7-13(10-17(16)34(30,31)32)25-20-14(22)11-24-21(27-20)26-15-6-4-5-12(19(15)29)9-18(28)23-2/h4-5,7-11H,3,6H2,1-2H3,(H,23,28)(H,24,25,27)(H,30,31,32). The molecule has 0 aliphatic heterocycles. The summed E-state index contributed by atoms with van der Waals surface area (Å²) >= 11 is 0. The Bertz CT molecular complexity index is 1340. The van der Waals surface area contributed by atoms with Gasteiger partial charge in [-0.15, -0.1) is 0 Å². The summed E-state index contributed by atoms with van der Waals surface area (Å²) in [6, 6.07) is 3.75. The number of aromatic nitrogens is 2. The van der Waals surface area contributed by atoms with Crippen molar-refractivity contribution in [3.8, 4) is 5.75 Å². The van der Waals surface area contributed by atoms with E-state index in [2.05, 4.69) is 25.6 Å². The lowest BCUT2D eigenvalue weighted by molar-refractivity contribution is -0.116. The van der Waals surface area contributed by atoms with Crippen LogP contribution in [0.15, 0.2) is 58.1 Å². The third-order valence-corrected chi connectivity index (χ3v) is 5.29. The van der Waals surface area contributed by atoms with Gasteiger partial charge in [0.25, 0.3) is 16.1 Å². The lowest BCUT2D eigenvalue weighted by Gasteiger charge is -2.12. The zero-order valence-corrected chi connectivity index (χ0v) is 18.9. The summed E-state index contributed by atoms with van der Waals surface area (Å²) in [6.07, 6.45) is 5.24. The summed E-state index contributed by atoms with van der Waals surface area (Å²) in [7, 11) is -3.19. The van der Waals surface area contributed by atoms with Crippen LogP contribution in [-0.2, 0) is 19.7 Å². The van der Waals surface area contributed by atoms with Crippen LogP contribution in [-0.4, -0.2) is 54.0 Å². The fraction of sp³-hybridized carbons (Fsp3) is 0.190. The topological polar surface area (TPSA) is 160 Å². The van der Waals surface area contributed by atoms with Crippen LogP contribution in [0.5, 0.6) is 5.75 Å². The van der Waals surface area contributed by atoms with Gasteiger partial charge < -0.3 is 15.4 Å². The molecule has 0 unspecified atom stereocenters. The van der Waals surface area contributed by atoms with E-state index in [0.717, 1.165) is 18.3 Å². The first kappa shape index (κ1) is 24.7. The number of aliphatic imine (C=N–C) groups is 1. The number of halogens is 1. The van der Waals surface area contributed by atoms with E-state index in [4.69, 9.17) is 4.74 Å². The third kappa shape index (κ3) is 5.88. The minimum Gasteiger partial charge on any atom is -0.492 e. The van der Waals surface area contributed by atoms with Gasteiger partial charge in [0.1, 0.15) is 10.6 Å². The molecule has 1 amide bonds. The minimum absolute atomic E-state index is 0.0462. The molecule has 1 aliphatic rings. The van der Waals surface area contributed by atoms with Crippen LogP contribution in [0.3, 0.4) is 0 Å². The average molecular weight is 489 g/mol. The molecule has 0 bridgehead atoms. The van der Waals surface area contributed by atoms with Crippen LogP contribution >= 0.6 is 0 Å². The molecule has 0 radical (unpaired) electrons. The number of Topliss-reactive ketones (excluding diaryl/α,β-unsaturated/α-hetero) is 1. The van der Waals surface area contributed by atoms with Crippen molar-refractivity contribution in [3.05, 3.63) is 54.0 Å². The first-order valence-corrected chi connectivity index (χ1v) is 11.3. The molecule has 1 aromatic carbocycles. The predicted octanol–water partition coefficient (Wildman–Crippen LogP) is 2.28. The second-order valence-electron chi connectivity index (χ2n) is 6.77. The van der Waals surface area contributed by atoms with Gasteiger partial charge in [0.15, 0.2) is 11.6 Å².